The van der Waals surface area contributed by atoms with Crippen LogP contribution in [-0.4, -0.2) is 141 Å². The third-order valence-electron chi connectivity index (χ3n) is 14.6. The maximum absolute atomic E-state index is 16.6. The molecule has 0 bridgehead atoms. The quantitative estimate of drug-likeness (QED) is 0.0467. The van der Waals surface area contributed by atoms with Gasteiger partial charge in [-0.3, -0.25) is 28.5 Å². The second-order valence-electron chi connectivity index (χ2n) is 21.5. The van der Waals surface area contributed by atoms with Gasteiger partial charge in [0, 0.05) is 28.8 Å². The number of anilines is 2. The maximum Gasteiger partial charge on any atom is 0.695 e. The summed E-state index contributed by atoms with van der Waals surface area (Å²) in [7, 11) is -8.11. The van der Waals surface area contributed by atoms with E-state index in [1.54, 1.807) is 72.8 Å². The highest BCUT2D eigenvalue weighted by Crippen LogP contribution is 2.44. The molecule has 2 aliphatic rings. The van der Waals surface area contributed by atoms with Crippen LogP contribution in [0, 0.1) is 0 Å². The van der Waals surface area contributed by atoms with Crippen LogP contribution >= 0.6 is 8.25 Å². The number of aliphatic hydroxyl groups excluding tert-OH is 1. The zero-order chi connectivity index (χ0) is 54.2. The Balaban J connectivity index is 1.10. The Bertz CT molecular complexity index is 3030. The maximum atomic E-state index is 16.6. The molecule has 9 atom stereocenters. The van der Waals surface area contributed by atoms with Crippen LogP contribution in [0.3, 0.4) is 0 Å². The highest BCUT2D eigenvalue weighted by Gasteiger charge is 2.54. The fourth-order valence-corrected chi connectivity index (χ4v) is 11.1. The van der Waals surface area contributed by atoms with Crippen molar-refractivity contribution in [2.45, 2.75) is 127 Å². The van der Waals surface area contributed by atoms with Crippen LogP contribution < -0.4 is 9.80 Å². The molecule has 6 heterocycles. The van der Waals surface area contributed by atoms with Gasteiger partial charge >= 0.3 is 8.25 Å². The molecule has 2 N–H and O–H groups in total. The summed E-state index contributed by atoms with van der Waals surface area (Å²) in [4.78, 5) is 68.5. The smallest absolute Gasteiger partial charge is 0.414 e. The summed E-state index contributed by atoms with van der Waals surface area (Å²) in [5.41, 5.74) is 1.19. The molecule has 2 amide bonds. The summed E-state index contributed by atoms with van der Waals surface area (Å²) in [6, 6.07) is 17.0. The molecular weight excluding hydrogens is 1030 g/mol. The van der Waals surface area contributed by atoms with Gasteiger partial charge < -0.3 is 23.4 Å². The van der Waals surface area contributed by atoms with Gasteiger partial charge in [-0.25, -0.2) is 38.7 Å². The van der Waals surface area contributed by atoms with E-state index in [2.05, 4.69) is 29.9 Å². The fourth-order valence-electron chi connectivity index (χ4n) is 8.32. The predicted octanol–water partition coefficient (Wildman–Crippen LogP) is 8.43. The minimum atomic E-state index is -3.22. The number of nitrogens with zero attached hydrogens (tertiary/aromatic N) is 10. The lowest BCUT2D eigenvalue weighted by Crippen LogP contribution is -2.49. The number of aromatic nitrogens is 8. The van der Waals surface area contributed by atoms with E-state index in [9.17, 15) is 24.2 Å². The van der Waals surface area contributed by atoms with Gasteiger partial charge in [0.1, 0.15) is 31.0 Å². The van der Waals surface area contributed by atoms with Gasteiger partial charge in [-0.2, -0.15) is 0 Å². The molecule has 6 aromatic rings. The average molecular weight is 1090 g/mol. The minimum absolute atomic E-state index is 0.0654. The van der Waals surface area contributed by atoms with Crippen molar-refractivity contribution in [3.63, 3.8) is 0 Å². The third kappa shape index (κ3) is 11.4. The molecule has 20 nitrogen and oxygen atoms in total. The van der Waals surface area contributed by atoms with Crippen LogP contribution in [-0.2, 0) is 27.4 Å². The SMILES string of the molecule is CC(C)(C)[Si](C)(C)OC[C@H]1O[C@@H](n2cnc3c(N(C/C=C/CN(C(=O)c4ccccc4)c4ncnc5c4ncn5C4O[C@H](CO)[C@@H](O[Si](C)(C)C(C)(C)C)[C@H]4F)C(=O)c4ccccc4)ncnc32)[C@H](F)[C@@H]1O[P+](=O)O. The number of benzene rings is 2. The van der Waals surface area contributed by atoms with Crippen LogP contribution in [0.25, 0.3) is 22.3 Å². The molecule has 0 radical (unpaired) electrons. The molecule has 0 spiro atoms. The van der Waals surface area contributed by atoms with E-state index in [0.717, 1.165) is 0 Å². The number of hydrogen-bond donors (Lipinski definition) is 2. The van der Waals surface area contributed by atoms with E-state index in [0.29, 0.717) is 11.1 Å². The topological polar surface area (TPSA) is 231 Å². The number of amides is 2. The monoisotopic (exact) mass is 1090 g/mol. The lowest BCUT2D eigenvalue weighted by atomic mass is 10.1. The first-order valence-electron chi connectivity index (χ1n) is 24.5. The molecule has 75 heavy (non-hydrogen) atoms. The van der Waals surface area contributed by atoms with E-state index in [4.69, 9.17) is 22.8 Å². The van der Waals surface area contributed by atoms with E-state index in [1.807, 2.05) is 67.7 Å². The van der Waals surface area contributed by atoms with Crippen molar-refractivity contribution in [1.29, 1.82) is 0 Å². The Morgan fingerprint density at radius 1 is 0.693 bits per heavy atom. The second kappa shape index (κ2) is 22.1. The molecule has 4 aromatic heterocycles. The number of ether oxygens (including phenoxy) is 2. The van der Waals surface area contributed by atoms with E-state index >= 15 is 8.78 Å². The van der Waals surface area contributed by atoms with Crippen LogP contribution in [0.15, 0.2) is 98.1 Å². The van der Waals surface area contributed by atoms with Crippen LogP contribution in [0.2, 0.25) is 36.3 Å². The molecule has 0 aliphatic carbocycles. The summed E-state index contributed by atoms with van der Waals surface area (Å²) in [6.07, 6.45) is -2.51. The Kier molecular flexibility index (Phi) is 16.4. The van der Waals surface area contributed by atoms with Gasteiger partial charge in [-0.1, -0.05) is 90.1 Å². The van der Waals surface area contributed by atoms with Crippen molar-refractivity contribution in [3.05, 3.63) is 109 Å². The number of fused-ring (bicyclic) bond motifs is 2. The first-order valence-corrected chi connectivity index (χ1v) is 31.5. The molecule has 8 rings (SSSR count). The van der Waals surface area contributed by atoms with Crippen LogP contribution in [0.5, 0.6) is 0 Å². The zero-order valence-electron chi connectivity index (χ0n) is 43.5. The van der Waals surface area contributed by atoms with E-state index < -0.39 is 92.5 Å². The Morgan fingerprint density at radius 2 is 1.13 bits per heavy atom. The van der Waals surface area contributed by atoms with Gasteiger partial charge in [0.2, 0.25) is 0 Å². The number of alkyl halides is 2. The van der Waals surface area contributed by atoms with Gasteiger partial charge in [0.15, 0.2) is 81.5 Å². The Hall–Kier alpha value is -5.67. The van der Waals surface area contributed by atoms with Crippen LogP contribution in [0.1, 0.15) is 74.7 Å². The van der Waals surface area contributed by atoms with E-state index in [1.165, 1.54) is 44.2 Å². The van der Waals surface area contributed by atoms with Crippen molar-refractivity contribution >= 4 is 70.7 Å². The van der Waals surface area contributed by atoms with Gasteiger partial charge in [0.25, 0.3) is 11.8 Å². The largest absolute Gasteiger partial charge is 0.695 e. The normalized spacial score (nSPS) is 22.9. The highest BCUT2D eigenvalue weighted by molar-refractivity contribution is 7.32. The standard InChI is InChI=1S/C50H63F2N10O10PSi2/c1-49(2,3)74(7,8)68-26-34-39(71-73(66)67)35(51)47(70-34)61-29-57-37-41(53-27-55-43(37)61)59(45(64)31-19-13-11-14-20-31)23-17-18-24-60(46(65)32-21-15-12-16-22-32)42-38-44(56-28-54-42)62(30-58-38)48-36(52)40(33(25-63)69-48)72-75(9,10)50(4,5)6/h11-22,27-30,33-36,39-40,47-48,63H,23-26H2,1-10H3/p+1/b18-17+/t33-,34-,35-,36-,39-,40-,47-,48?/m1/s1. The fraction of sp³-hybridized carbons (Fsp3) is 0.480. The third-order valence-corrected chi connectivity index (χ3v) is 24.0. The van der Waals surface area contributed by atoms with Crippen molar-refractivity contribution in [2.24, 2.45) is 0 Å². The van der Waals surface area contributed by atoms with Crippen molar-refractivity contribution in [2.75, 3.05) is 36.1 Å². The average Bonchev–Trinajstić information content (AvgIpc) is 4.15. The van der Waals surface area contributed by atoms with Gasteiger partial charge in [-0.15, -0.1) is 9.42 Å². The lowest BCUT2D eigenvalue weighted by Gasteiger charge is -2.39. The number of aliphatic hydroxyl groups is 1. The molecule has 2 unspecified atom stereocenters. The number of rotatable bonds is 18. The van der Waals surface area contributed by atoms with Crippen molar-refractivity contribution in [1.82, 2.24) is 39.0 Å². The summed E-state index contributed by atoms with van der Waals surface area (Å²) >= 11 is 0. The summed E-state index contributed by atoms with van der Waals surface area (Å²) < 4.78 is 78.1. The molecule has 2 aromatic carbocycles. The molecule has 25 heteroatoms. The van der Waals surface area contributed by atoms with Crippen LogP contribution in [0.4, 0.5) is 20.4 Å². The summed E-state index contributed by atoms with van der Waals surface area (Å²) in [5.74, 6) is -0.757. The minimum Gasteiger partial charge on any atom is -0.414 e. The molecule has 2 saturated heterocycles. The van der Waals surface area contributed by atoms with E-state index in [-0.39, 0.29) is 63.7 Å². The predicted molar refractivity (Wildman–Crippen MR) is 281 cm³/mol. The highest BCUT2D eigenvalue weighted by atomic mass is 31.1. The Morgan fingerprint density at radius 3 is 1.56 bits per heavy atom. The number of carbonyl (C=O) groups excluding carboxylic acids is 2. The molecular formula is C50H64F2N10O10PSi2+. The van der Waals surface area contributed by atoms with Gasteiger partial charge in [-0.05, 0) is 60.5 Å². The number of hydrogen-bond acceptors (Lipinski definition) is 15. The second-order valence-corrected chi connectivity index (χ2v) is 31.8. The van der Waals surface area contributed by atoms with Crippen molar-refractivity contribution < 1.29 is 55.8 Å². The number of imidazole rings is 2. The number of carbonyl (C=O) groups is 2. The summed E-state index contributed by atoms with van der Waals surface area (Å²) in [6.45, 7) is 19.5. The molecule has 0 saturated carbocycles. The Labute approximate surface area is 436 Å². The first-order chi connectivity index (χ1) is 35.4. The van der Waals surface area contributed by atoms with Gasteiger partial charge in [0.05, 0.1) is 25.9 Å². The first kappa shape index (κ1) is 55.6. The molecule has 2 fully saturated rings. The summed E-state index contributed by atoms with van der Waals surface area (Å²) in [5, 5.41) is 9.89. The molecule has 400 valence electrons. The molecule has 2 aliphatic heterocycles. The number of halogens is 2. The lowest BCUT2D eigenvalue weighted by molar-refractivity contribution is -0.0445. The van der Waals surface area contributed by atoms with Crippen molar-refractivity contribution in [3.8, 4) is 0 Å². The zero-order valence-corrected chi connectivity index (χ0v) is 46.4.